The van der Waals surface area contributed by atoms with Crippen LogP contribution in [0, 0.1) is 16.8 Å². The molecule has 7 heteroatoms. The van der Waals surface area contributed by atoms with E-state index in [1.165, 1.54) is 48.7 Å². The van der Waals surface area contributed by atoms with Crippen molar-refractivity contribution in [2.75, 3.05) is 0 Å². The normalized spacial score (nSPS) is 12.0. The van der Waals surface area contributed by atoms with E-state index >= 15 is 0 Å². The van der Waals surface area contributed by atoms with Crippen molar-refractivity contribution in [1.29, 1.82) is 0 Å². The highest BCUT2D eigenvalue weighted by Gasteiger charge is 2.17. The van der Waals surface area contributed by atoms with Crippen LogP contribution >= 0.6 is 0 Å². The van der Waals surface area contributed by atoms with Gasteiger partial charge in [-0.25, -0.2) is 13.5 Å². The van der Waals surface area contributed by atoms with Crippen molar-refractivity contribution in [2.24, 2.45) is 0 Å². The third-order valence-electron chi connectivity index (χ3n) is 4.91. The molecule has 0 bridgehead atoms. The van der Waals surface area contributed by atoms with Crippen molar-refractivity contribution in [2.45, 2.75) is 19.9 Å². The number of halogens is 2. The van der Waals surface area contributed by atoms with Gasteiger partial charge in [0.2, 0.25) is 0 Å². The minimum atomic E-state index is -0.541. The van der Waals surface area contributed by atoms with Gasteiger partial charge in [-0.15, -0.1) is 0 Å². The molecule has 156 valence electrons. The molecule has 4 aromatic rings. The molecule has 0 saturated heterocycles. The van der Waals surface area contributed by atoms with Gasteiger partial charge in [0, 0.05) is 16.5 Å². The van der Waals surface area contributed by atoms with Crippen LogP contribution in [0.5, 0.6) is 0 Å². The monoisotopic (exact) mass is 419 g/mol. The Morgan fingerprint density at radius 1 is 1.00 bits per heavy atom. The van der Waals surface area contributed by atoms with Gasteiger partial charge in [-0.1, -0.05) is 18.2 Å². The summed E-state index contributed by atoms with van der Waals surface area (Å²) in [6.45, 7) is 3.50. The smallest absolute Gasteiger partial charge is 0.279 e. The first-order valence-electron chi connectivity index (χ1n) is 9.73. The molecular weight excluding hydrogens is 400 g/mol. The van der Waals surface area contributed by atoms with Gasteiger partial charge in [-0.2, -0.15) is 9.78 Å². The summed E-state index contributed by atoms with van der Waals surface area (Å²) < 4.78 is 30.2. The van der Waals surface area contributed by atoms with Crippen LogP contribution in [-0.4, -0.2) is 26.8 Å². The SMILES string of the molecule is CC(C)/[N+]([O-])=C\c1ccc(F)c(-c2nn(-c3ccc(F)cc3)c(=O)c3ccccc23)c1. The molecule has 0 radical (unpaired) electrons. The number of nitrogens with zero attached hydrogens (tertiary/aromatic N) is 3. The fourth-order valence-electron chi connectivity index (χ4n) is 3.25. The van der Waals surface area contributed by atoms with Crippen LogP contribution < -0.4 is 5.56 Å². The third kappa shape index (κ3) is 3.94. The number of aromatic nitrogens is 2. The Balaban J connectivity index is 2.00. The zero-order chi connectivity index (χ0) is 22.1. The lowest BCUT2D eigenvalue weighted by atomic mass is 10.0. The van der Waals surface area contributed by atoms with Gasteiger partial charge in [-0.05, 0) is 62.4 Å². The first kappa shape index (κ1) is 20.4. The van der Waals surface area contributed by atoms with Crippen molar-refractivity contribution in [3.05, 3.63) is 99.5 Å². The van der Waals surface area contributed by atoms with E-state index in [2.05, 4.69) is 5.10 Å². The fraction of sp³-hybridized carbons (Fsp3) is 0.125. The van der Waals surface area contributed by atoms with Gasteiger partial charge >= 0.3 is 0 Å². The summed E-state index contributed by atoms with van der Waals surface area (Å²) in [5, 5.41) is 17.3. The van der Waals surface area contributed by atoms with E-state index in [9.17, 15) is 18.8 Å². The number of fused-ring (bicyclic) bond motifs is 1. The molecule has 0 N–H and O–H groups in total. The standard InChI is InChI=1S/C24H19F2N3O2/c1-15(2)28(31)14-16-7-12-22(26)21(13-16)23-19-5-3-4-6-20(19)24(30)29(27-23)18-10-8-17(25)9-11-18/h3-15H,1-2H3/b28-14+. The van der Waals surface area contributed by atoms with E-state index in [-0.39, 0.29) is 17.3 Å². The summed E-state index contributed by atoms with van der Waals surface area (Å²) in [4.78, 5) is 13.0. The van der Waals surface area contributed by atoms with Gasteiger partial charge < -0.3 is 5.21 Å². The highest BCUT2D eigenvalue weighted by molar-refractivity contribution is 5.95. The molecule has 4 rings (SSSR count). The topological polar surface area (TPSA) is 61.0 Å². The molecule has 0 aliphatic carbocycles. The summed E-state index contributed by atoms with van der Waals surface area (Å²) in [6.07, 6.45) is 1.38. The molecule has 31 heavy (non-hydrogen) atoms. The summed E-state index contributed by atoms with van der Waals surface area (Å²) in [5.41, 5.74) is 0.851. The quantitative estimate of drug-likeness (QED) is 0.209. The van der Waals surface area contributed by atoms with E-state index in [1.54, 1.807) is 38.1 Å². The lowest BCUT2D eigenvalue weighted by Crippen LogP contribution is -2.22. The van der Waals surface area contributed by atoms with Crippen molar-refractivity contribution in [1.82, 2.24) is 9.78 Å². The molecule has 1 aromatic heterocycles. The molecule has 0 spiro atoms. The summed E-state index contributed by atoms with van der Waals surface area (Å²) in [7, 11) is 0. The van der Waals surface area contributed by atoms with Crippen LogP contribution in [0.15, 0.2) is 71.5 Å². The predicted molar refractivity (Wildman–Crippen MR) is 117 cm³/mol. The van der Waals surface area contributed by atoms with Gasteiger partial charge in [0.1, 0.15) is 17.3 Å². The van der Waals surface area contributed by atoms with Gasteiger partial charge in [0.25, 0.3) is 5.56 Å². The number of hydroxylamine groups is 1. The second-order valence-electron chi connectivity index (χ2n) is 7.41. The van der Waals surface area contributed by atoms with Crippen molar-refractivity contribution < 1.29 is 13.5 Å². The zero-order valence-corrected chi connectivity index (χ0v) is 16.9. The largest absolute Gasteiger partial charge is 0.624 e. The minimum absolute atomic E-state index is 0.151. The first-order valence-corrected chi connectivity index (χ1v) is 9.73. The molecular formula is C24H19F2N3O2. The average molecular weight is 419 g/mol. The Labute approximate surface area is 177 Å². The predicted octanol–water partition coefficient (Wildman–Crippen LogP) is 4.67. The van der Waals surface area contributed by atoms with Gasteiger partial charge in [0.15, 0.2) is 12.3 Å². The minimum Gasteiger partial charge on any atom is -0.624 e. The molecule has 0 saturated carbocycles. The van der Waals surface area contributed by atoms with E-state index in [0.717, 1.165) is 9.42 Å². The molecule has 5 nitrogen and oxygen atoms in total. The molecule has 3 aromatic carbocycles. The van der Waals surface area contributed by atoms with E-state index < -0.39 is 17.2 Å². The van der Waals surface area contributed by atoms with Crippen molar-refractivity contribution >= 4 is 17.0 Å². The lowest BCUT2D eigenvalue weighted by molar-refractivity contribution is -0.487. The molecule has 0 amide bonds. The maximum absolute atomic E-state index is 14.9. The molecule has 0 aliphatic rings. The highest BCUT2D eigenvalue weighted by atomic mass is 19.1. The second kappa shape index (κ2) is 8.10. The number of hydrogen-bond donors (Lipinski definition) is 0. The maximum Gasteiger partial charge on any atom is 0.279 e. The Bertz CT molecular complexity index is 1360. The molecule has 0 fully saturated rings. The van der Waals surface area contributed by atoms with Crippen LogP contribution in [0.1, 0.15) is 19.4 Å². The van der Waals surface area contributed by atoms with Crippen LogP contribution in [0.25, 0.3) is 27.7 Å². The number of rotatable bonds is 4. The van der Waals surface area contributed by atoms with Gasteiger partial charge in [-0.3, -0.25) is 4.79 Å². The van der Waals surface area contributed by atoms with Crippen LogP contribution in [0.4, 0.5) is 8.78 Å². The van der Waals surface area contributed by atoms with Crippen molar-refractivity contribution in [3.63, 3.8) is 0 Å². The van der Waals surface area contributed by atoms with Crippen LogP contribution in [0.2, 0.25) is 0 Å². The third-order valence-corrected chi connectivity index (χ3v) is 4.91. The fourth-order valence-corrected chi connectivity index (χ4v) is 3.25. The van der Waals surface area contributed by atoms with E-state index in [0.29, 0.717) is 22.0 Å². The molecule has 0 atom stereocenters. The number of hydrogen-bond acceptors (Lipinski definition) is 3. The van der Waals surface area contributed by atoms with Crippen LogP contribution in [0.3, 0.4) is 0 Å². The van der Waals surface area contributed by atoms with Gasteiger partial charge in [0.05, 0.1) is 11.1 Å². The Morgan fingerprint density at radius 3 is 2.35 bits per heavy atom. The van der Waals surface area contributed by atoms with Crippen LogP contribution in [-0.2, 0) is 0 Å². The highest BCUT2D eigenvalue weighted by Crippen LogP contribution is 2.28. The van der Waals surface area contributed by atoms with Crippen molar-refractivity contribution in [3.8, 4) is 16.9 Å². The maximum atomic E-state index is 14.9. The molecule has 1 heterocycles. The van der Waals surface area contributed by atoms with E-state index in [4.69, 9.17) is 0 Å². The molecule has 0 aliphatic heterocycles. The Kier molecular flexibility index (Phi) is 5.33. The molecule has 0 unspecified atom stereocenters. The second-order valence-corrected chi connectivity index (χ2v) is 7.41. The Hall–Kier alpha value is -3.87. The lowest BCUT2D eigenvalue weighted by Gasteiger charge is -2.13. The summed E-state index contributed by atoms with van der Waals surface area (Å²) in [5.74, 6) is -0.986. The summed E-state index contributed by atoms with van der Waals surface area (Å²) >= 11 is 0. The first-order chi connectivity index (χ1) is 14.8. The summed E-state index contributed by atoms with van der Waals surface area (Å²) in [6, 6.07) is 16.1. The number of benzene rings is 3. The van der Waals surface area contributed by atoms with E-state index in [1.807, 2.05) is 0 Å². The average Bonchev–Trinajstić information content (AvgIpc) is 2.76. The Morgan fingerprint density at radius 2 is 1.68 bits per heavy atom. The zero-order valence-electron chi connectivity index (χ0n) is 16.9.